The number of halogens is 3. The average Bonchev–Trinajstić information content (AvgIpc) is 3.06. The molecule has 0 bridgehead atoms. The maximum Gasteiger partial charge on any atom is 0.417 e. The second kappa shape index (κ2) is 6.66. The number of pyridine rings is 1. The zero-order valence-electron chi connectivity index (χ0n) is 15.3. The highest BCUT2D eigenvalue weighted by atomic mass is 32.1. The Bertz CT molecular complexity index is 1370. The van der Waals surface area contributed by atoms with E-state index in [2.05, 4.69) is 15.1 Å². The Hall–Kier alpha value is -3.27. The summed E-state index contributed by atoms with van der Waals surface area (Å²) in [6.07, 6.45) is -1.81. The van der Waals surface area contributed by atoms with Crippen molar-refractivity contribution >= 4 is 23.3 Å². The van der Waals surface area contributed by atoms with E-state index >= 15 is 0 Å². The Morgan fingerprint density at radius 1 is 1.21 bits per heavy atom. The summed E-state index contributed by atoms with van der Waals surface area (Å²) in [6, 6.07) is 7.89. The van der Waals surface area contributed by atoms with Gasteiger partial charge in [0.15, 0.2) is 10.4 Å². The number of fused-ring (bicyclic) bond motifs is 1. The van der Waals surface area contributed by atoms with Crippen LogP contribution in [0.1, 0.15) is 11.1 Å². The number of hydrogen-bond donors (Lipinski definition) is 1. The zero-order valence-corrected chi connectivity index (χ0v) is 16.1. The van der Waals surface area contributed by atoms with Crippen molar-refractivity contribution in [3.63, 3.8) is 0 Å². The van der Waals surface area contributed by atoms with Gasteiger partial charge in [0, 0.05) is 18.8 Å². The molecule has 1 aromatic carbocycles. The molecule has 6 nitrogen and oxygen atoms in total. The standard InChI is InChI=1S/C19H14F3N5OS/c1-10-4-3-5-12(6-10)27-16-15(17(28)25-18(27)29)13(19(20,21)22)7-14(24-16)11-8-23-26(2)9-11/h3-9H,1-2H3,(H,25,28,29). The Labute approximate surface area is 167 Å². The van der Waals surface area contributed by atoms with E-state index in [1.54, 1.807) is 31.4 Å². The molecule has 0 radical (unpaired) electrons. The largest absolute Gasteiger partial charge is 0.417 e. The molecule has 3 heterocycles. The van der Waals surface area contributed by atoms with Gasteiger partial charge in [-0.05, 0) is 42.9 Å². The summed E-state index contributed by atoms with van der Waals surface area (Å²) in [5.74, 6) is 0. The Morgan fingerprint density at radius 3 is 2.59 bits per heavy atom. The van der Waals surface area contributed by atoms with Crippen LogP contribution in [0.4, 0.5) is 13.2 Å². The van der Waals surface area contributed by atoms with Crippen molar-refractivity contribution < 1.29 is 13.2 Å². The van der Waals surface area contributed by atoms with E-state index in [1.807, 2.05) is 13.0 Å². The van der Waals surface area contributed by atoms with Crippen LogP contribution in [-0.2, 0) is 13.2 Å². The lowest BCUT2D eigenvalue weighted by Crippen LogP contribution is -2.20. The predicted molar refractivity (Wildman–Crippen MR) is 104 cm³/mol. The summed E-state index contributed by atoms with van der Waals surface area (Å²) >= 11 is 5.26. The van der Waals surface area contributed by atoms with Crippen molar-refractivity contribution in [2.75, 3.05) is 0 Å². The van der Waals surface area contributed by atoms with Gasteiger partial charge < -0.3 is 0 Å². The molecule has 0 fully saturated rings. The first-order chi connectivity index (χ1) is 13.6. The third-order valence-electron chi connectivity index (χ3n) is 4.43. The van der Waals surface area contributed by atoms with E-state index in [-0.39, 0.29) is 16.1 Å². The molecule has 0 aliphatic rings. The van der Waals surface area contributed by atoms with E-state index in [1.165, 1.54) is 15.4 Å². The van der Waals surface area contributed by atoms with Gasteiger partial charge in [-0.3, -0.25) is 19.0 Å². The van der Waals surface area contributed by atoms with Crippen LogP contribution in [0.5, 0.6) is 0 Å². The molecule has 148 valence electrons. The van der Waals surface area contributed by atoms with Gasteiger partial charge in [-0.2, -0.15) is 18.3 Å². The molecule has 0 atom stereocenters. The minimum Gasteiger partial charge on any atom is -0.298 e. The van der Waals surface area contributed by atoms with E-state index in [9.17, 15) is 18.0 Å². The molecular weight excluding hydrogens is 403 g/mol. The normalized spacial score (nSPS) is 11.9. The second-order valence-electron chi connectivity index (χ2n) is 6.59. The highest BCUT2D eigenvalue weighted by Gasteiger charge is 2.35. The number of benzene rings is 1. The summed E-state index contributed by atoms with van der Waals surface area (Å²) in [5.41, 5.74) is -0.381. The molecule has 4 rings (SSSR count). The molecule has 29 heavy (non-hydrogen) atoms. The molecule has 0 aliphatic heterocycles. The fourth-order valence-electron chi connectivity index (χ4n) is 3.16. The number of alkyl halides is 3. The fraction of sp³-hybridized carbons (Fsp3) is 0.158. The lowest BCUT2D eigenvalue weighted by Gasteiger charge is -2.16. The topological polar surface area (TPSA) is 68.5 Å². The predicted octanol–water partition coefficient (Wildman–Crippen LogP) is 4.17. The second-order valence-corrected chi connectivity index (χ2v) is 6.97. The Morgan fingerprint density at radius 2 is 1.97 bits per heavy atom. The summed E-state index contributed by atoms with van der Waals surface area (Å²) in [5, 5.41) is 3.42. The SMILES string of the molecule is Cc1cccc(-n2c(=S)[nH]c(=O)c3c(C(F)(F)F)cc(-c4cnn(C)c4)nc32)c1. The van der Waals surface area contributed by atoms with Gasteiger partial charge in [0.25, 0.3) is 5.56 Å². The van der Waals surface area contributed by atoms with Crippen molar-refractivity contribution in [2.24, 2.45) is 7.05 Å². The van der Waals surface area contributed by atoms with Crippen molar-refractivity contribution in [3.05, 3.63) is 69.0 Å². The van der Waals surface area contributed by atoms with Gasteiger partial charge in [-0.25, -0.2) is 4.98 Å². The summed E-state index contributed by atoms with van der Waals surface area (Å²) in [6.45, 7) is 1.84. The number of nitrogens with one attached hydrogen (secondary N) is 1. The van der Waals surface area contributed by atoms with Gasteiger partial charge >= 0.3 is 6.18 Å². The number of rotatable bonds is 2. The van der Waals surface area contributed by atoms with E-state index < -0.39 is 22.7 Å². The van der Waals surface area contributed by atoms with Crippen molar-refractivity contribution in [1.82, 2.24) is 24.3 Å². The first kappa shape index (κ1) is 19.1. The summed E-state index contributed by atoms with van der Waals surface area (Å²) < 4.78 is 44.3. The maximum atomic E-state index is 13.9. The minimum absolute atomic E-state index is 0.0410. The molecule has 0 aliphatic carbocycles. The van der Waals surface area contributed by atoms with Crippen LogP contribution >= 0.6 is 12.2 Å². The van der Waals surface area contributed by atoms with Gasteiger partial charge in [-0.1, -0.05) is 12.1 Å². The third kappa shape index (κ3) is 3.35. The monoisotopic (exact) mass is 417 g/mol. The number of aromatic amines is 1. The lowest BCUT2D eigenvalue weighted by molar-refractivity contribution is -0.136. The first-order valence-electron chi connectivity index (χ1n) is 8.48. The highest BCUT2D eigenvalue weighted by Crippen LogP contribution is 2.36. The molecule has 0 saturated heterocycles. The van der Waals surface area contributed by atoms with Gasteiger partial charge in [0.1, 0.15) is 0 Å². The van der Waals surface area contributed by atoms with Crippen LogP contribution in [0.25, 0.3) is 28.0 Å². The van der Waals surface area contributed by atoms with Crippen LogP contribution in [0.15, 0.2) is 47.5 Å². The van der Waals surface area contributed by atoms with Crippen LogP contribution in [0.3, 0.4) is 0 Å². The Balaban J connectivity index is 2.20. The van der Waals surface area contributed by atoms with E-state index in [0.717, 1.165) is 11.6 Å². The zero-order chi connectivity index (χ0) is 20.9. The number of hydrogen-bond acceptors (Lipinski definition) is 4. The summed E-state index contributed by atoms with van der Waals surface area (Å²) in [4.78, 5) is 19.2. The van der Waals surface area contributed by atoms with Crippen LogP contribution in [0.2, 0.25) is 0 Å². The maximum absolute atomic E-state index is 13.9. The molecule has 0 spiro atoms. The van der Waals surface area contributed by atoms with Crippen molar-refractivity contribution in [3.8, 4) is 16.9 Å². The summed E-state index contributed by atoms with van der Waals surface area (Å²) in [7, 11) is 1.65. The van der Waals surface area contributed by atoms with Crippen molar-refractivity contribution in [1.29, 1.82) is 0 Å². The quantitative estimate of drug-likeness (QED) is 0.497. The van der Waals surface area contributed by atoms with Gasteiger partial charge in [-0.15, -0.1) is 0 Å². The first-order valence-corrected chi connectivity index (χ1v) is 8.89. The molecule has 4 aromatic rings. The van der Waals surface area contributed by atoms with Crippen LogP contribution in [0, 0.1) is 11.7 Å². The smallest absolute Gasteiger partial charge is 0.298 e. The highest BCUT2D eigenvalue weighted by molar-refractivity contribution is 7.71. The molecule has 0 amide bonds. The fourth-order valence-corrected chi connectivity index (χ4v) is 3.45. The van der Waals surface area contributed by atoms with E-state index in [0.29, 0.717) is 11.3 Å². The minimum atomic E-state index is -4.77. The van der Waals surface area contributed by atoms with Gasteiger partial charge in [0.2, 0.25) is 0 Å². The van der Waals surface area contributed by atoms with Gasteiger partial charge in [0.05, 0.1) is 28.5 Å². The van der Waals surface area contributed by atoms with Crippen LogP contribution in [-0.4, -0.2) is 24.3 Å². The van der Waals surface area contributed by atoms with Crippen molar-refractivity contribution in [2.45, 2.75) is 13.1 Å². The molecular formula is C19H14F3N5OS. The van der Waals surface area contributed by atoms with Crippen LogP contribution < -0.4 is 5.56 Å². The average molecular weight is 417 g/mol. The Kier molecular flexibility index (Phi) is 4.38. The van der Waals surface area contributed by atoms with E-state index in [4.69, 9.17) is 12.2 Å². The number of aromatic nitrogens is 5. The molecule has 3 aromatic heterocycles. The molecule has 1 N–H and O–H groups in total. The lowest BCUT2D eigenvalue weighted by atomic mass is 10.1. The molecule has 10 heteroatoms. The third-order valence-corrected chi connectivity index (χ3v) is 4.71. The number of nitrogens with zero attached hydrogens (tertiary/aromatic N) is 4. The molecule has 0 saturated carbocycles. The number of aryl methyl sites for hydroxylation is 2. The number of H-pyrrole nitrogens is 1. The molecule has 0 unspecified atom stereocenters.